The van der Waals surface area contributed by atoms with Gasteiger partial charge in [-0.1, -0.05) is 13.3 Å². The van der Waals surface area contributed by atoms with Gasteiger partial charge in [-0.3, -0.25) is 4.90 Å². The van der Waals surface area contributed by atoms with Gasteiger partial charge in [0.15, 0.2) is 0 Å². The van der Waals surface area contributed by atoms with Crippen molar-refractivity contribution in [1.29, 1.82) is 0 Å². The van der Waals surface area contributed by atoms with Crippen LogP contribution >= 0.6 is 0 Å². The summed E-state index contributed by atoms with van der Waals surface area (Å²) in [5.41, 5.74) is 0. The highest BCUT2D eigenvalue weighted by Crippen LogP contribution is 2.20. The first-order valence-electron chi connectivity index (χ1n) is 7.89. The fourth-order valence-corrected chi connectivity index (χ4v) is 3.27. The summed E-state index contributed by atoms with van der Waals surface area (Å²) in [6.45, 7) is 9.25. The first-order chi connectivity index (χ1) is 8.78. The second-order valence-electron chi connectivity index (χ2n) is 6.05. The average Bonchev–Trinajstić information content (AvgIpc) is 2.76. The highest BCUT2D eigenvalue weighted by molar-refractivity contribution is 4.79. The van der Waals surface area contributed by atoms with E-state index in [1.54, 1.807) is 0 Å². The van der Waals surface area contributed by atoms with E-state index in [0.29, 0.717) is 18.2 Å². The van der Waals surface area contributed by atoms with Crippen LogP contribution < -0.4 is 5.32 Å². The van der Waals surface area contributed by atoms with Crippen molar-refractivity contribution in [2.24, 2.45) is 0 Å². The Kier molecular flexibility index (Phi) is 5.93. The Balaban J connectivity index is 1.75. The van der Waals surface area contributed by atoms with Gasteiger partial charge in [0.25, 0.3) is 0 Å². The molecule has 2 fully saturated rings. The lowest BCUT2D eigenvalue weighted by Crippen LogP contribution is -2.46. The van der Waals surface area contributed by atoms with E-state index in [0.717, 1.165) is 6.54 Å². The van der Waals surface area contributed by atoms with Crippen molar-refractivity contribution in [1.82, 2.24) is 10.2 Å². The second kappa shape index (κ2) is 7.46. The first-order valence-corrected chi connectivity index (χ1v) is 7.89. The highest BCUT2D eigenvalue weighted by atomic mass is 16.5. The van der Waals surface area contributed by atoms with Gasteiger partial charge in [0, 0.05) is 19.1 Å². The quantitative estimate of drug-likeness (QED) is 0.788. The van der Waals surface area contributed by atoms with Gasteiger partial charge in [-0.05, 0) is 52.1 Å². The molecule has 0 amide bonds. The Morgan fingerprint density at radius 2 is 2.06 bits per heavy atom. The van der Waals surface area contributed by atoms with Crippen molar-refractivity contribution in [3.63, 3.8) is 0 Å². The molecule has 3 unspecified atom stereocenters. The molecule has 106 valence electrons. The standard InChI is InChI=1S/C15H30N2O/c1-3-10-17(11-14-6-4-5-9-16-14)12-15-8-7-13(2)18-15/h13-16H,3-12H2,1-2H3. The van der Waals surface area contributed by atoms with Crippen LogP contribution in [0.25, 0.3) is 0 Å². The van der Waals surface area contributed by atoms with E-state index in [2.05, 4.69) is 24.1 Å². The number of piperidine rings is 1. The van der Waals surface area contributed by atoms with Crippen LogP contribution in [-0.4, -0.2) is 49.3 Å². The van der Waals surface area contributed by atoms with Crippen LogP contribution in [0.2, 0.25) is 0 Å². The predicted molar refractivity (Wildman–Crippen MR) is 75.9 cm³/mol. The Labute approximate surface area is 112 Å². The van der Waals surface area contributed by atoms with Crippen LogP contribution in [0.5, 0.6) is 0 Å². The lowest BCUT2D eigenvalue weighted by atomic mass is 10.0. The monoisotopic (exact) mass is 254 g/mol. The van der Waals surface area contributed by atoms with E-state index >= 15 is 0 Å². The average molecular weight is 254 g/mol. The fraction of sp³-hybridized carbons (Fsp3) is 1.00. The molecule has 0 aromatic rings. The number of rotatable bonds is 6. The highest BCUT2D eigenvalue weighted by Gasteiger charge is 2.25. The van der Waals surface area contributed by atoms with Crippen molar-refractivity contribution in [2.75, 3.05) is 26.2 Å². The normalized spacial score (nSPS) is 33.2. The summed E-state index contributed by atoms with van der Waals surface area (Å²) in [5, 5.41) is 3.66. The first kappa shape index (κ1) is 14.3. The van der Waals surface area contributed by atoms with Gasteiger partial charge in [0.1, 0.15) is 0 Å². The van der Waals surface area contributed by atoms with Crippen molar-refractivity contribution < 1.29 is 4.74 Å². The van der Waals surface area contributed by atoms with Gasteiger partial charge in [0.05, 0.1) is 12.2 Å². The zero-order chi connectivity index (χ0) is 12.8. The Morgan fingerprint density at radius 1 is 1.17 bits per heavy atom. The summed E-state index contributed by atoms with van der Waals surface area (Å²) in [4.78, 5) is 2.62. The van der Waals surface area contributed by atoms with Gasteiger partial charge in [-0.2, -0.15) is 0 Å². The summed E-state index contributed by atoms with van der Waals surface area (Å²) in [7, 11) is 0. The van der Waals surface area contributed by atoms with Crippen molar-refractivity contribution in [3.05, 3.63) is 0 Å². The van der Waals surface area contributed by atoms with Gasteiger partial charge in [-0.15, -0.1) is 0 Å². The summed E-state index contributed by atoms with van der Waals surface area (Å²) < 4.78 is 5.97. The van der Waals surface area contributed by atoms with Gasteiger partial charge in [-0.25, -0.2) is 0 Å². The minimum Gasteiger partial charge on any atom is -0.374 e. The van der Waals surface area contributed by atoms with E-state index in [-0.39, 0.29) is 0 Å². The number of nitrogens with zero attached hydrogens (tertiary/aromatic N) is 1. The van der Waals surface area contributed by atoms with Gasteiger partial charge >= 0.3 is 0 Å². The summed E-state index contributed by atoms with van der Waals surface area (Å²) >= 11 is 0. The van der Waals surface area contributed by atoms with E-state index in [4.69, 9.17) is 4.74 Å². The number of hydrogen-bond donors (Lipinski definition) is 1. The third-order valence-corrected chi connectivity index (χ3v) is 4.21. The minimum absolute atomic E-state index is 0.478. The number of ether oxygens (including phenoxy) is 1. The molecule has 0 saturated carbocycles. The van der Waals surface area contributed by atoms with E-state index in [1.807, 2.05) is 0 Å². The molecular formula is C15H30N2O. The molecule has 2 aliphatic heterocycles. The third-order valence-electron chi connectivity index (χ3n) is 4.21. The molecule has 2 aliphatic rings. The fourth-order valence-electron chi connectivity index (χ4n) is 3.27. The van der Waals surface area contributed by atoms with Crippen molar-refractivity contribution in [3.8, 4) is 0 Å². The van der Waals surface area contributed by atoms with Crippen LogP contribution in [0.15, 0.2) is 0 Å². The molecule has 0 aromatic carbocycles. The SMILES string of the molecule is CCCN(CC1CCCCN1)CC1CCC(C)O1. The molecule has 0 aromatic heterocycles. The number of hydrogen-bond acceptors (Lipinski definition) is 3. The van der Waals surface area contributed by atoms with Crippen LogP contribution in [0.3, 0.4) is 0 Å². The third kappa shape index (κ3) is 4.52. The maximum absolute atomic E-state index is 5.97. The topological polar surface area (TPSA) is 24.5 Å². The molecule has 2 saturated heterocycles. The molecule has 2 rings (SSSR count). The maximum Gasteiger partial charge on any atom is 0.0706 e. The largest absolute Gasteiger partial charge is 0.374 e. The number of nitrogens with one attached hydrogen (secondary N) is 1. The predicted octanol–water partition coefficient (Wildman–Crippen LogP) is 2.41. The molecule has 3 atom stereocenters. The minimum atomic E-state index is 0.478. The zero-order valence-electron chi connectivity index (χ0n) is 12.2. The van der Waals surface area contributed by atoms with Crippen LogP contribution in [-0.2, 0) is 4.74 Å². The smallest absolute Gasteiger partial charge is 0.0706 e. The van der Waals surface area contributed by atoms with Crippen molar-refractivity contribution in [2.45, 2.75) is 70.6 Å². The molecule has 1 N–H and O–H groups in total. The molecule has 0 radical (unpaired) electrons. The molecule has 2 heterocycles. The summed E-state index contributed by atoms with van der Waals surface area (Å²) in [5.74, 6) is 0. The Hall–Kier alpha value is -0.120. The van der Waals surface area contributed by atoms with Gasteiger partial charge < -0.3 is 10.1 Å². The molecule has 3 heteroatoms. The van der Waals surface area contributed by atoms with Gasteiger partial charge in [0.2, 0.25) is 0 Å². The summed E-state index contributed by atoms with van der Waals surface area (Å²) in [6, 6.07) is 0.712. The second-order valence-corrected chi connectivity index (χ2v) is 6.05. The van der Waals surface area contributed by atoms with E-state index in [1.165, 1.54) is 58.2 Å². The molecule has 0 spiro atoms. The van der Waals surface area contributed by atoms with Crippen molar-refractivity contribution >= 4 is 0 Å². The van der Waals surface area contributed by atoms with Crippen LogP contribution in [0, 0.1) is 0 Å². The summed E-state index contributed by atoms with van der Waals surface area (Å²) in [6.07, 6.45) is 8.80. The molecule has 0 aliphatic carbocycles. The molecular weight excluding hydrogens is 224 g/mol. The molecule has 0 bridgehead atoms. The van der Waals surface area contributed by atoms with E-state index in [9.17, 15) is 0 Å². The molecule has 18 heavy (non-hydrogen) atoms. The van der Waals surface area contributed by atoms with Crippen LogP contribution in [0.1, 0.15) is 52.4 Å². The lowest BCUT2D eigenvalue weighted by molar-refractivity contribution is 0.0288. The lowest BCUT2D eigenvalue weighted by Gasteiger charge is -2.31. The van der Waals surface area contributed by atoms with Crippen LogP contribution in [0.4, 0.5) is 0 Å². The van der Waals surface area contributed by atoms with E-state index < -0.39 is 0 Å². The zero-order valence-corrected chi connectivity index (χ0v) is 12.2. The Morgan fingerprint density at radius 3 is 2.67 bits per heavy atom. The maximum atomic E-state index is 5.97. The Bertz CT molecular complexity index is 222. The molecule has 3 nitrogen and oxygen atoms in total.